The minimum absolute atomic E-state index is 0.255. The van der Waals surface area contributed by atoms with Gasteiger partial charge in [-0.05, 0) is 56.6 Å². The van der Waals surface area contributed by atoms with Crippen LogP contribution in [0, 0.1) is 18.7 Å². The summed E-state index contributed by atoms with van der Waals surface area (Å²) in [6.45, 7) is 6.84. The maximum atomic E-state index is 14.9. The molecular weight excluding hydrogens is 383 g/mol. The summed E-state index contributed by atoms with van der Waals surface area (Å²) >= 11 is 0. The largest absolute Gasteiger partial charge is 0.369 e. The first-order chi connectivity index (χ1) is 14.4. The predicted octanol–water partition coefficient (Wildman–Crippen LogP) is 2.29. The van der Waals surface area contributed by atoms with Crippen LogP contribution in [0.5, 0.6) is 0 Å². The number of nitrogens with two attached hydrogens (primary N) is 1. The molecule has 0 spiro atoms. The summed E-state index contributed by atoms with van der Waals surface area (Å²) in [5, 5.41) is 2.33. The molecule has 1 aliphatic carbocycles. The zero-order chi connectivity index (χ0) is 21.3. The van der Waals surface area contributed by atoms with E-state index in [1.807, 2.05) is 6.92 Å². The van der Waals surface area contributed by atoms with E-state index in [4.69, 9.17) is 5.73 Å². The second-order valence-electron chi connectivity index (χ2n) is 9.23. The van der Waals surface area contributed by atoms with Crippen molar-refractivity contribution in [3.8, 4) is 0 Å². The first kappa shape index (κ1) is 21.2. The summed E-state index contributed by atoms with van der Waals surface area (Å²) in [5.41, 5.74) is 8.31. The normalized spacial score (nSPS) is 28.5. The Morgan fingerprint density at radius 2 is 1.77 bits per heavy atom. The fraction of sp³-hybridized carbons (Fsp3) is 0.652. The number of hydrogen-bond donors (Lipinski definition) is 2. The van der Waals surface area contributed by atoms with Crippen molar-refractivity contribution >= 4 is 17.5 Å². The van der Waals surface area contributed by atoms with Crippen LogP contribution in [0.2, 0.25) is 0 Å². The molecule has 2 aliphatic heterocycles. The van der Waals surface area contributed by atoms with Gasteiger partial charge in [-0.25, -0.2) is 4.39 Å². The number of anilines is 1. The monoisotopic (exact) mass is 416 g/mol. The molecule has 3 fully saturated rings. The van der Waals surface area contributed by atoms with Crippen LogP contribution in [0.15, 0.2) is 12.1 Å². The molecule has 0 bridgehead atoms. The second-order valence-corrected chi connectivity index (χ2v) is 9.23. The third-order valence-electron chi connectivity index (χ3n) is 7.05. The number of nitrogens with one attached hydrogen (secondary N) is 1. The van der Waals surface area contributed by atoms with Crippen molar-refractivity contribution in [2.45, 2.75) is 57.4 Å². The van der Waals surface area contributed by atoms with Gasteiger partial charge in [0.15, 0.2) is 0 Å². The zero-order valence-electron chi connectivity index (χ0n) is 17.8. The van der Waals surface area contributed by atoms with Crippen molar-refractivity contribution in [1.29, 1.82) is 0 Å². The topological polar surface area (TPSA) is 78.7 Å². The average molecular weight is 417 g/mol. The lowest BCUT2D eigenvalue weighted by Crippen LogP contribution is -2.48. The number of aryl methyl sites for hydroxylation is 1. The first-order valence-corrected chi connectivity index (χ1v) is 11.3. The summed E-state index contributed by atoms with van der Waals surface area (Å²) in [5.74, 6) is -0.862. The van der Waals surface area contributed by atoms with E-state index in [0.29, 0.717) is 18.0 Å². The van der Waals surface area contributed by atoms with Gasteiger partial charge in [-0.3, -0.25) is 19.8 Å². The number of carbonyl (C=O) groups excluding carboxylic acids is 2. The summed E-state index contributed by atoms with van der Waals surface area (Å²) in [4.78, 5) is 28.3. The molecule has 3 N–H and O–H groups in total. The molecule has 164 valence electrons. The maximum Gasteiger partial charge on any atom is 0.234 e. The molecule has 2 amide bonds. The quantitative estimate of drug-likeness (QED) is 0.737. The van der Waals surface area contributed by atoms with Gasteiger partial charge in [-0.1, -0.05) is 6.07 Å². The van der Waals surface area contributed by atoms with E-state index in [9.17, 15) is 14.0 Å². The van der Waals surface area contributed by atoms with Crippen molar-refractivity contribution < 1.29 is 14.0 Å². The van der Waals surface area contributed by atoms with Crippen molar-refractivity contribution in [3.05, 3.63) is 29.1 Å². The number of amides is 2. The van der Waals surface area contributed by atoms with Gasteiger partial charge in [-0.15, -0.1) is 0 Å². The number of piperazine rings is 1. The first-order valence-electron chi connectivity index (χ1n) is 11.3. The number of halogens is 1. The zero-order valence-corrected chi connectivity index (χ0v) is 17.8. The third kappa shape index (κ3) is 4.67. The Morgan fingerprint density at radius 1 is 1.07 bits per heavy atom. The smallest absolute Gasteiger partial charge is 0.234 e. The van der Waals surface area contributed by atoms with Crippen LogP contribution in [0.1, 0.15) is 55.6 Å². The van der Waals surface area contributed by atoms with Crippen LogP contribution in [0.25, 0.3) is 0 Å². The summed E-state index contributed by atoms with van der Waals surface area (Å²) in [7, 11) is 0. The Labute approximate surface area is 178 Å². The summed E-state index contributed by atoms with van der Waals surface area (Å²) in [6.07, 6.45) is 5.36. The minimum atomic E-state index is -0.587. The Morgan fingerprint density at radius 3 is 2.43 bits per heavy atom. The fourth-order valence-electron chi connectivity index (χ4n) is 5.20. The number of hydrogen-bond acceptors (Lipinski definition) is 5. The standard InChI is InChI=1S/C23H33FN4O2/c1-15-12-19(18-6-7-22(29)26-23(18)30)20(24)13-21(15)28-10-8-27(9-11-28)14-16-2-4-17(25)5-3-16/h12-13,16-18H,2-11,14,25H2,1H3,(H,26,29,30). The van der Waals surface area contributed by atoms with Crippen molar-refractivity contribution in [2.24, 2.45) is 11.7 Å². The van der Waals surface area contributed by atoms with Crippen LogP contribution in [0.3, 0.4) is 0 Å². The van der Waals surface area contributed by atoms with Gasteiger partial charge in [0.05, 0.1) is 5.92 Å². The number of benzene rings is 1. The molecule has 1 atom stereocenters. The Bertz CT molecular complexity index is 799. The van der Waals surface area contributed by atoms with Gasteiger partial charge >= 0.3 is 0 Å². The average Bonchev–Trinajstić information content (AvgIpc) is 2.72. The highest BCUT2D eigenvalue weighted by Gasteiger charge is 2.31. The van der Waals surface area contributed by atoms with Gasteiger partial charge in [0.1, 0.15) is 5.82 Å². The molecule has 1 saturated carbocycles. The molecule has 2 saturated heterocycles. The third-order valence-corrected chi connectivity index (χ3v) is 7.05. The van der Waals surface area contributed by atoms with E-state index in [1.165, 1.54) is 12.8 Å². The van der Waals surface area contributed by atoms with Gasteiger partial charge in [0, 0.05) is 56.4 Å². The fourth-order valence-corrected chi connectivity index (χ4v) is 5.20. The van der Waals surface area contributed by atoms with Crippen LogP contribution in [-0.4, -0.2) is 55.5 Å². The second kappa shape index (κ2) is 9.02. The molecule has 1 unspecified atom stereocenters. The molecule has 1 aromatic carbocycles. The molecule has 3 aliphatic rings. The number of rotatable bonds is 4. The van der Waals surface area contributed by atoms with Crippen molar-refractivity contribution in [3.63, 3.8) is 0 Å². The Kier molecular flexibility index (Phi) is 6.39. The Hall–Kier alpha value is -1.99. The van der Waals surface area contributed by atoms with Gasteiger partial charge in [0.2, 0.25) is 11.8 Å². The summed E-state index contributed by atoms with van der Waals surface area (Å²) in [6, 6.07) is 3.76. The van der Waals surface area contributed by atoms with E-state index in [0.717, 1.165) is 62.7 Å². The van der Waals surface area contributed by atoms with Gasteiger partial charge in [0.25, 0.3) is 0 Å². The van der Waals surface area contributed by atoms with Crippen molar-refractivity contribution in [2.75, 3.05) is 37.6 Å². The molecule has 0 radical (unpaired) electrons. The van der Waals surface area contributed by atoms with E-state index in [2.05, 4.69) is 15.1 Å². The lowest BCUT2D eigenvalue weighted by molar-refractivity contribution is -0.134. The van der Waals surface area contributed by atoms with Crippen LogP contribution in [-0.2, 0) is 9.59 Å². The molecule has 1 aromatic rings. The van der Waals surface area contributed by atoms with E-state index in [1.54, 1.807) is 12.1 Å². The van der Waals surface area contributed by atoms with Gasteiger partial charge < -0.3 is 10.6 Å². The number of nitrogens with zero attached hydrogens (tertiary/aromatic N) is 2. The molecular formula is C23H33FN4O2. The SMILES string of the molecule is Cc1cc(C2CCC(=O)NC2=O)c(F)cc1N1CCN(CC2CCC(N)CC2)CC1. The molecule has 7 heteroatoms. The Balaban J connectivity index is 1.37. The minimum Gasteiger partial charge on any atom is -0.369 e. The molecule has 2 heterocycles. The van der Waals surface area contributed by atoms with Crippen molar-refractivity contribution in [1.82, 2.24) is 10.2 Å². The van der Waals surface area contributed by atoms with E-state index < -0.39 is 11.8 Å². The number of imide groups is 1. The maximum absolute atomic E-state index is 14.9. The molecule has 30 heavy (non-hydrogen) atoms. The van der Waals surface area contributed by atoms with E-state index in [-0.39, 0.29) is 18.1 Å². The van der Waals surface area contributed by atoms with Crippen LogP contribution >= 0.6 is 0 Å². The molecule has 6 nitrogen and oxygen atoms in total. The lowest BCUT2D eigenvalue weighted by Gasteiger charge is -2.39. The predicted molar refractivity (Wildman–Crippen MR) is 115 cm³/mol. The highest BCUT2D eigenvalue weighted by Crippen LogP contribution is 2.32. The van der Waals surface area contributed by atoms with Crippen LogP contribution < -0.4 is 16.0 Å². The summed E-state index contributed by atoms with van der Waals surface area (Å²) < 4.78 is 14.9. The lowest BCUT2D eigenvalue weighted by atomic mass is 9.86. The number of carbonyl (C=O) groups is 2. The highest BCUT2D eigenvalue weighted by atomic mass is 19.1. The van der Waals surface area contributed by atoms with E-state index >= 15 is 0 Å². The van der Waals surface area contributed by atoms with Crippen LogP contribution in [0.4, 0.5) is 10.1 Å². The number of piperidine rings is 1. The van der Waals surface area contributed by atoms with Gasteiger partial charge in [-0.2, -0.15) is 0 Å². The molecule has 0 aromatic heterocycles. The highest BCUT2D eigenvalue weighted by molar-refractivity contribution is 6.01. The molecule has 4 rings (SSSR count).